The number of halogens is 3. The molecular formula is C18H16Cl2FNO3. The molecule has 0 aliphatic rings. The summed E-state index contributed by atoms with van der Waals surface area (Å²) in [7, 11) is 1.26. The highest BCUT2D eigenvalue weighted by Crippen LogP contribution is 2.23. The van der Waals surface area contributed by atoms with Crippen LogP contribution >= 0.6 is 23.2 Å². The Morgan fingerprint density at radius 3 is 2.40 bits per heavy atom. The summed E-state index contributed by atoms with van der Waals surface area (Å²) in [6.45, 7) is 0.154. The van der Waals surface area contributed by atoms with Crippen molar-refractivity contribution in [2.24, 2.45) is 0 Å². The quantitative estimate of drug-likeness (QED) is 0.697. The Kier molecular flexibility index (Phi) is 6.79. The van der Waals surface area contributed by atoms with Crippen LogP contribution in [0, 0.1) is 5.82 Å². The minimum absolute atomic E-state index is 0.00669. The van der Waals surface area contributed by atoms with Gasteiger partial charge in [0.05, 0.1) is 24.1 Å². The van der Waals surface area contributed by atoms with E-state index in [1.165, 1.54) is 24.1 Å². The van der Waals surface area contributed by atoms with Gasteiger partial charge in [0, 0.05) is 18.1 Å². The molecule has 0 unspecified atom stereocenters. The van der Waals surface area contributed by atoms with Crippen LogP contribution in [-0.4, -0.2) is 30.4 Å². The van der Waals surface area contributed by atoms with Gasteiger partial charge in [0.25, 0.3) is 5.91 Å². The molecule has 2 aromatic carbocycles. The molecule has 0 saturated carbocycles. The van der Waals surface area contributed by atoms with Crippen LogP contribution in [-0.2, 0) is 16.1 Å². The zero-order valence-corrected chi connectivity index (χ0v) is 15.0. The lowest BCUT2D eigenvalue weighted by Gasteiger charge is -2.23. The molecule has 25 heavy (non-hydrogen) atoms. The number of nitrogens with zero attached hydrogens (tertiary/aromatic N) is 1. The molecule has 2 rings (SSSR count). The van der Waals surface area contributed by atoms with Crippen LogP contribution in [0.15, 0.2) is 42.5 Å². The first kappa shape index (κ1) is 19.2. The predicted octanol–water partition coefficient (Wildman–Crippen LogP) is 4.34. The SMILES string of the molecule is COC(=O)CCN(Cc1ccccc1Cl)C(=O)c1c(F)cccc1Cl. The molecular weight excluding hydrogens is 368 g/mol. The zero-order chi connectivity index (χ0) is 18.4. The van der Waals surface area contributed by atoms with Crippen molar-refractivity contribution < 1.29 is 18.7 Å². The third-order valence-electron chi connectivity index (χ3n) is 3.60. The molecule has 0 radical (unpaired) electrons. The molecule has 0 spiro atoms. The largest absolute Gasteiger partial charge is 0.469 e. The van der Waals surface area contributed by atoms with Gasteiger partial charge >= 0.3 is 5.97 Å². The second-order valence-corrected chi connectivity index (χ2v) is 6.06. The highest BCUT2D eigenvalue weighted by atomic mass is 35.5. The summed E-state index contributed by atoms with van der Waals surface area (Å²) >= 11 is 12.1. The second kappa shape index (κ2) is 8.83. The van der Waals surface area contributed by atoms with Crippen LogP contribution in [0.4, 0.5) is 4.39 Å². The molecule has 0 aliphatic heterocycles. The van der Waals surface area contributed by atoms with E-state index in [1.807, 2.05) is 0 Å². The Morgan fingerprint density at radius 2 is 1.76 bits per heavy atom. The molecule has 0 bridgehead atoms. The molecule has 4 nitrogen and oxygen atoms in total. The van der Waals surface area contributed by atoms with Crippen molar-refractivity contribution in [1.29, 1.82) is 0 Å². The van der Waals surface area contributed by atoms with Crippen molar-refractivity contribution in [1.82, 2.24) is 4.90 Å². The third-order valence-corrected chi connectivity index (χ3v) is 4.28. The highest BCUT2D eigenvalue weighted by molar-refractivity contribution is 6.34. The van der Waals surface area contributed by atoms with Crippen molar-refractivity contribution in [3.8, 4) is 0 Å². The minimum Gasteiger partial charge on any atom is -0.469 e. The van der Waals surface area contributed by atoms with E-state index in [9.17, 15) is 14.0 Å². The normalized spacial score (nSPS) is 10.4. The fourth-order valence-corrected chi connectivity index (χ4v) is 2.71. The number of carbonyl (C=O) groups excluding carboxylic acids is 2. The van der Waals surface area contributed by atoms with Crippen LogP contribution in [0.2, 0.25) is 10.0 Å². The van der Waals surface area contributed by atoms with Crippen molar-refractivity contribution in [3.05, 3.63) is 69.5 Å². The number of carbonyl (C=O) groups is 2. The van der Waals surface area contributed by atoms with Gasteiger partial charge in [0.1, 0.15) is 5.82 Å². The average Bonchev–Trinajstić information content (AvgIpc) is 2.59. The minimum atomic E-state index is -0.722. The Hall–Kier alpha value is -2.11. The maximum absolute atomic E-state index is 14.1. The number of rotatable bonds is 6. The maximum Gasteiger partial charge on any atom is 0.307 e. The van der Waals surface area contributed by atoms with Gasteiger partial charge in [-0.2, -0.15) is 0 Å². The Labute approximate surface area is 155 Å². The van der Waals surface area contributed by atoms with Gasteiger partial charge in [-0.05, 0) is 23.8 Å². The van der Waals surface area contributed by atoms with E-state index < -0.39 is 17.7 Å². The van der Waals surface area contributed by atoms with Crippen LogP contribution in [0.5, 0.6) is 0 Å². The van der Waals surface area contributed by atoms with E-state index in [4.69, 9.17) is 23.2 Å². The Morgan fingerprint density at radius 1 is 1.08 bits per heavy atom. The van der Waals surface area contributed by atoms with E-state index in [1.54, 1.807) is 24.3 Å². The van der Waals surface area contributed by atoms with E-state index in [0.717, 1.165) is 6.07 Å². The molecule has 0 atom stereocenters. The van der Waals surface area contributed by atoms with Crippen molar-refractivity contribution in [3.63, 3.8) is 0 Å². The third kappa shape index (κ3) is 4.94. The number of hydrogen-bond acceptors (Lipinski definition) is 3. The second-order valence-electron chi connectivity index (χ2n) is 5.24. The molecule has 0 aliphatic carbocycles. The molecule has 2 aromatic rings. The summed E-state index contributed by atoms with van der Waals surface area (Å²) in [5.74, 6) is -1.82. The average molecular weight is 384 g/mol. The van der Waals surface area contributed by atoms with Crippen molar-refractivity contribution in [2.45, 2.75) is 13.0 Å². The van der Waals surface area contributed by atoms with Crippen LogP contribution < -0.4 is 0 Å². The fourth-order valence-electron chi connectivity index (χ4n) is 2.27. The molecule has 0 saturated heterocycles. The summed E-state index contributed by atoms with van der Waals surface area (Å²) in [5, 5.41) is 0.477. The first-order chi connectivity index (χ1) is 11.9. The fraction of sp³-hybridized carbons (Fsp3) is 0.222. The number of esters is 1. The summed E-state index contributed by atoms with van der Waals surface area (Å²) in [6.07, 6.45) is -0.0290. The molecule has 0 N–H and O–H groups in total. The Bertz CT molecular complexity index is 762. The summed E-state index contributed by atoms with van der Waals surface area (Å²) in [4.78, 5) is 25.6. The molecule has 0 fully saturated rings. The van der Waals surface area contributed by atoms with Crippen molar-refractivity contribution >= 4 is 35.1 Å². The maximum atomic E-state index is 14.1. The lowest BCUT2D eigenvalue weighted by molar-refractivity contribution is -0.140. The number of ether oxygens (including phenoxy) is 1. The Balaban J connectivity index is 2.31. The lowest BCUT2D eigenvalue weighted by atomic mass is 10.1. The van der Waals surface area contributed by atoms with E-state index in [2.05, 4.69) is 4.74 Å². The molecule has 132 valence electrons. The topological polar surface area (TPSA) is 46.6 Å². The van der Waals surface area contributed by atoms with E-state index in [-0.39, 0.29) is 30.1 Å². The van der Waals surface area contributed by atoms with Gasteiger partial charge in [0.2, 0.25) is 0 Å². The number of methoxy groups -OCH3 is 1. The lowest BCUT2D eigenvalue weighted by Crippen LogP contribution is -2.33. The van der Waals surface area contributed by atoms with Crippen molar-refractivity contribution in [2.75, 3.05) is 13.7 Å². The van der Waals surface area contributed by atoms with Crippen LogP contribution in [0.1, 0.15) is 22.3 Å². The molecule has 1 amide bonds. The number of hydrogen-bond donors (Lipinski definition) is 0. The van der Waals surface area contributed by atoms with Gasteiger partial charge < -0.3 is 9.64 Å². The summed E-state index contributed by atoms with van der Waals surface area (Å²) < 4.78 is 18.7. The van der Waals surface area contributed by atoms with Gasteiger partial charge in [-0.3, -0.25) is 9.59 Å². The van der Waals surface area contributed by atoms with E-state index in [0.29, 0.717) is 10.6 Å². The summed E-state index contributed by atoms with van der Waals surface area (Å²) in [6, 6.07) is 11.0. The molecule has 0 heterocycles. The standard InChI is InChI=1S/C18H16Cl2FNO3/c1-25-16(23)9-10-22(11-12-5-2-3-6-13(12)19)18(24)17-14(20)7-4-8-15(17)21/h2-8H,9-11H2,1H3. The van der Waals surface area contributed by atoms with E-state index >= 15 is 0 Å². The summed E-state index contributed by atoms with van der Waals surface area (Å²) in [5.41, 5.74) is 0.441. The monoisotopic (exact) mass is 383 g/mol. The van der Waals surface area contributed by atoms with Gasteiger partial charge in [-0.1, -0.05) is 47.5 Å². The molecule has 0 aromatic heterocycles. The first-order valence-electron chi connectivity index (χ1n) is 7.47. The smallest absolute Gasteiger partial charge is 0.307 e. The molecule has 7 heteroatoms. The number of amides is 1. The van der Waals surface area contributed by atoms with Gasteiger partial charge in [-0.25, -0.2) is 4.39 Å². The van der Waals surface area contributed by atoms with Gasteiger partial charge in [0.15, 0.2) is 0 Å². The first-order valence-corrected chi connectivity index (χ1v) is 8.23. The van der Waals surface area contributed by atoms with Gasteiger partial charge in [-0.15, -0.1) is 0 Å². The number of benzene rings is 2. The zero-order valence-electron chi connectivity index (χ0n) is 13.5. The van der Waals surface area contributed by atoms with Crippen LogP contribution in [0.25, 0.3) is 0 Å². The van der Waals surface area contributed by atoms with Crippen LogP contribution in [0.3, 0.4) is 0 Å². The highest BCUT2D eigenvalue weighted by Gasteiger charge is 2.23. The predicted molar refractivity (Wildman–Crippen MR) is 94.2 cm³/mol.